The molecule has 0 bridgehead atoms. The molecule has 1 aliphatic rings. The molecule has 0 spiro atoms. The van der Waals surface area contributed by atoms with E-state index >= 15 is 0 Å². The van der Waals surface area contributed by atoms with E-state index < -0.39 is 22.8 Å². The molecule has 0 aromatic rings. The molecule has 30 heavy (non-hydrogen) atoms. The molecule has 0 radical (unpaired) electrons. The Balaban J connectivity index is 2.55. The summed E-state index contributed by atoms with van der Waals surface area (Å²) in [5.74, 6) is -1.76. The van der Waals surface area contributed by atoms with E-state index in [1.165, 1.54) is 51.4 Å². The molecule has 0 saturated heterocycles. The molecule has 172 valence electrons. The van der Waals surface area contributed by atoms with Crippen molar-refractivity contribution in [2.24, 2.45) is 10.8 Å². The van der Waals surface area contributed by atoms with Crippen LogP contribution in [0.4, 0.5) is 0 Å². The lowest BCUT2D eigenvalue weighted by Crippen LogP contribution is -2.35. The molecule has 0 aromatic heterocycles. The Kier molecular flexibility index (Phi) is 12.7. The number of hydrogen-bond donors (Lipinski definition) is 2. The van der Waals surface area contributed by atoms with Crippen molar-refractivity contribution < 1.29 is 19.8 Å². The Morgan fingerprint density at radius 3 is 1.07 bits per heavy atom. The number of carboxylic acids is 2. The zero-order chi connectivity index (χ0) is 22.3. The SMILES string of the molecule is CCCCCCCCCCC1(C(=O)O)C=CC(CCCCCCCC)(C(=O)O)C=C1. The van der Waals surface area contributed by atoms with E-state index in [2.05, 4.69) is 13.8 Å². The highest BCUT2D eigenvalue weighted by Crippen LogP contribution is 2.41. The first-order valence-electron chi connectivity index (χ1n) is 12.3. The first-order chi connectivity index (χ1) is 14.4. The van der Waals surface area contributed by atoms with Crippen LogP contribution in [0.25, 0.3) is 0 Å². The number of rotatable bonds is 18. The van der Waals surface area contributed by atoms with Crippen LogP contribution in [0.2, 0.25) is 0 Å². The Bertz CT molecular complexity index is 547. The van der Waals surface area contributed by atoms with Crippen LogP contribution in [0.3, 0.4) is 0 Å². The highest BCUT2D eigenvalue weighted by Gasteiger charge is 2.42. The van der Waals surface area contributed by atoms with Crippen LogP contribution >= 0.6 is 0 Å². The average molecular weight is 421 g/mol. The van der Waals surface area contributed by atoms with Gasteiger partial charge in [0, 0.05) is 0 Å². The van der Waals surface area contributed by atoms with E-state index in [0.717, 1.165) is 38.5 Å². The zero-order valence-corrected chi connectivity index (χ0v) is 19.3. The lowest BCUT2D eigenvalue weighted by Gasteiger charge is -2.32. The summed E-state index contributed by atoms with van der Waals surface area (Å²) >= 11 is 0. The predicted molar refractivity (Wildman–Crippen MR) is 124 cm³/mol. The van der Waals surface area contributed by atoms with Crippen LogP contribution in [-0.2, 0) is 9.59 Å². The van der Waals surface area contributed by atoms with Crippen LogP contribution in [0.15, 0.2) is 24.3 Å². The van der Waals surface area contributed by atoms with Gasteiger partial charge in [-0.3, -0.25) is 9.59 Å². The maximum atomic E-state index is 12.0. The first-order valence-corrected chi connectivity index (χ1v) is 12.3. The zero-order valence-electron chi connectivity index (χ0n) is 19.3. The molecule has 0 fully saturated rings. The third kappa shape index (κ3) is 8.65. The van der Waals surface area contributed by atoms with Crippen molar-refractivity contribution in [1.29, 1.82) is 0 Å². The third-order valence-electron chi connectivity index (χ3n) is 6.54. The van der Waals surface area contributed by atoms with Crippen LogP contribution in [0.5, 0.6) is 0 Å². The standard InChI is InChI=1S/C26H44O4/c1-3-5-7-9-11-12-14-16-18-26(24(29)30)21-19-25(20-22-26,23(27)28)17-15-13-10-8-6-4-2/h19-22H,3-18H2,1-2H3,(H,27,28)(H,29,30). The normalized spacial score (nSPS) is 23.0. The van der Waals surface area contributed by atoms with Gasteiger partial charge in [0.05, 0.1) is 0 Å². The van der Waals surface area contributed by atoms with Crippen molar-refractivity contribution in [3.63, 3.8) is 0 Å². The van der Waals surface area contributed by atoms with E-state index in [4.69, 9.17) is 0 Å². The first kappa shape index (κ1) is 26.5. The van der Waals surface area contributed by atoms with E-state index in [-0.39, 0.29) is 0 Å². The van der Waals surface area contributed by atoms with Crippen LogP contribution in [0.1, 0.15) is 117 Å². The summed E-state index contributed by atoms with van der Waals surface area (Å²) in [6, 6.07) is 0. The van der Waals surface area contributed by atoms with Crippen LogP contribution in [-0.4, -0.2) is 22.2 Å². The Morgan fingerprint density at radius 2 is 0.800 bits per heavy atom. The van der Waals surface area contributed by atoms with E-state index in [0.29, 0.717) is 12.8 Å². The maximum absolute atomic E-state index is 12.0. The topological polar surface area (TPSA) is 74.6 Å². The molecule has 2 N–H and O–H groups in total. The lowest BCUT2D eigenvalue weighted by atomic mass is 9.70. The summed E-state index contributed by atoms with van der Waals surface area (Å²) in [5, 5.41) is 19.7. The number of carbonyl (C=O) groups is 2. The quantitative estimate of drug-likeness (QED) is 0.177. The van der Waals surface area contributed by atoms with Gasteiger partial charge in [0.2, 0.25) is 0 Å². The highest BCUT2D eigenvalue weighted by atomic mass is 16.4. The number of hydrogen-bond acceptors (Lipinski definition) is 2. The van der Waals surface area contributed by atoms with Gasteiger partial charge in [-0.05, 0) is 12.8 Å². The summed E-state index contributed by atoms with van der Waals surface area (Å²) in [6.07, 6.45) is 23.7. The minimum atomic E-state index is -1.05. The molecule has 1 rings (SSSR count). The van der Waals surface area contributed by atoms with Gasteiger partial charge < -0.3 is 10.2 Å². The van der Waals surface area contributed by atoms with Crippen LogP contribution in [0, 0.1) is 10.8 Å². The summed E-state index contributed by atoms with van der Waals surface area (Å²) in [6.45, 7) is 4.39. The Hall–Kier alpha value is -1.58. The van der Waals surface area contributed by atoms with Gasteiger partial charge in [-0.1, -0.05) is 128 Å². The minimum absolute atomic E-state index is 0.537. The summed E-state index contributed by atoms with van der Waals surface area (Å²) in [4.78, 5) is 24.0. The molecule has 0 saturated carbocycles. The number of carboxylic acid groups (broad SMARTS) is 2. The second-order valence-corrected chi connectivity index (χ2v) is 9.10. The predicted octanol–water partition coefficient (Wildman–Crippen LogP) is 7.54. The van der Waals surface area contributed by atoms with Gasteiger partial charge in [-0.25, -0.2) is 0 Å². The summed E-state index contributed by atoms with van der Waals surface area (Å²) < 4.78 is 0. The van der Waals surface area contributed by atoms with Crippen molar-refractivity contribution >= 4 is 11.9 Å². The van der Waals surface area contributed by atoms with Gasteiger partial charge in [0.25, 0.3) is 0 Å². The molecule has 0 heterocycles. The summed E-state index contributed by atoms with van der Waals surface area (Å²) in [7, 11) is 0. The largest absolute Gasteiger partial charge is 0.480 e. The van der Waals surface area contributed by atoms with Gasteiger partial charge in [-0.2, -0.15) is 0 Å². The second-order valence-electron chi connectivity index (χ2n) is 9.10. The smallest absolute Gasteiger partial charge is 0.317 e. The molecule has 0 amide bonds. The van der Waals surface area contributed by atoms with Gasteiger partial charge >= 0.3 is 11.9 Å². The van der Waals surface area contributed by atoms with E-state index in [1.807, 2.05) is 0 Å². The number of unbranched alkanes of at least 4 members (excludes halogenated alkanes) is 12. The van der Waals surface area contributed by atoms with Crippen molar-refractivity contribution in [2.75, 3.05) is 0 Å². The fourth-order valence-electron chi connectivity index (χ4n) is 4.29. The van der Waals surface area contributed by atoms with E-state index in [9.17, 15) is 19.8 Å². The average Bonchev–Trinajstić information content (AvgIpc) is 2.73. The van der Waals surface area contributed by atoms with Crippen molar-refractivity contribution in [2.45, 2.75) is 117 Å². The summed E-state index contributed by atoms with van der Waals surface area (Å²) in [5.41, 5.74) is -2.11. The Labute approximate surface area is 183 Å². The fourth-order valence-corrected chi connectivity index (χ4v) is 4.29. The highest BCUT2D eigenvalue weighted by molar-refractivity contribution is 5.84. The fraction of sp³-hybridized carbons (Fsp3) is 0.769. The number of aliphatic carboxylic acids is 2. The molecular formula is C26H44O4. The molecule has 4 heteroatoms. The monoisotopic (exact) mass is 420 g/mol. The molecule has 4 nitrogen and oxygen atoms in total. The molecule has 0 aromatic carbocycles. The lowest BCUT2D eigenvalue weighted by molar-refractivity contribution is -0.146. The van der Waals surface area contributed by atoms with Crippen molar-refractivity contribution in [1.82, 2.24) is 0 Å². The Morgan fingerprint density at radius 1 is 0.533 bits per heavy atom. The molecule has 0 aliphatic heterocycles. The van der Waals surface area contributed by atoms with Gasteiger partial charge in [0.15, 0.2) is 0 Å². The molecule has 0 atom stereocenters. The van der Waals surface area contributed by atoms with Crippen molar-refractivity contribution in [3.05, 3.63) is 24.3 Å². The van der Waals surface area contributed by atoms with Gasteiger partial charge in [0.1, 0.15) is 10.8 Å². The van der Waals surface area contributed by atoms with E-state index in [1.54, 1.807) is 24.3 Å². The third-order valence-corrected chi connectivity index (χ3v) is 6.54. The van der Waals surface area contributed by atoms with Crippen LogP contribution < -0.4 is 0 Å². The minimum Gasteiger partial charge on any atom is -0.480 e. The van der Waals surface area contributed by atoms with Crippen molar-refractivity contribution in [3.8, 4) is 0 Å². The van der Waals surface area contributed by atoms with Gasteiger partial charge in [-0.15, -0.1) is 0 Å². The molecule has 1 aliphatic carbocycles. The second kappa shape index (κ2) is 14.4. The maximum Gasteiger partial charge on any atom is 0.317 e. The molecular weight excluding hydrogens is 376 g/mol. The molecule has 0 unspecified atom stereocenters.